The summed E-state index contributed by atoms with van der Waals surface area (Å²) in [6, 6.07) is 10.6. The van der Waals surface area contributed by atoms with Gasteiger partial charge >= 0.3 is 0 Å². The van der Waals surface area contributed by atoms with Gasteiger partial charge in [-0.25, -0.2) is 0 Å². The van der Waals surface area contributed by atoms with E-state index < -0.39 is 0 Å². The number of benzene rings is 1. The molecule has 1 aliphatic carbocycles. The first-order valence-electron chi connectivity index (χ1n) is 6.90. The molecule has 0 bridgehead atoms. The molecule has 2 atom stereocenters. The molecule has 1 amide bonds. The Labute approximate surface area is 115 Å². The van der Waals surface area contributed by atoms with Gasteiger partial charge in [-0.2, -0.15) is 0 Å². The van der Waals surface area contributed by atoms with Crippen molar-refractivity contribution < 1.29 is 4.79 Å². The monoisotopic (exact) mass is 258 g/mol. The maximum absolute atomic E-state index is 11.3. The summed E-state index contributed by atoms with van der Waals surface area (Å²) in [5, 5.41) is 0. The average Bonchev–Trinajstić information content (AvgIpc) is 2.46. The van der Waals surface area contributed by atoms with Crippen LogP contribution in [0.25, 0.3) is 0 Å². The summed E-state index contributed by atoms with van der Waals surface area (Å²) >= 11 is 0. The van der Waals surface area contributed by atoms with Crippen molar-refractivity contribution in [1.82, 2.24) is 4.90 Å². The zero-order chi connectivity index (χ0) is 13.7. The van der Waals surface area contributed by atoms with E-state index in [1.165, 1.54) is 6.42 Å². The van der Waals surface area contributed by atoms with Gasteiger partial charge in [0.25, 0.3) is 0 Å². The van der Waals surface area contributed by atoms with E-state index in [-0.39, 0.29) is 11.9 Å². The summed E-state index contributed by atoms with van der Waals surface area (Å²) in [5.41, 5.74) is 6.57. The second kappa shape index (κ2) is 6.53. The number of carbonyl (C=O) groups is 1. The van der Waals surface area contributed by atoms with Crippen LogP contribution < -0.4 is 5.73 Å². The molecular formula is C16H22N2O. The lowest BCUT2D eigenvalue weighted by molar-refractivity contribution is -0.119. The molecule has 0 unspecified atom stereocenters. The Hall–Kier alpha value is -1.61. The van der Waals surface area contributed by atoms with Gasteiger partial charge in [0.1, 0.15) is 0 Å². The molecule has 3 heteroatoms. The number of hydrogen-bond acceptors (Lipinski definition) is 2. The summed E-state index contributed by atoms with van der Waals surface area (Å²) < 4.78 is 0. The molecule has 1 aliphatic rings. The molecule has 2 N–H and O–H groups in total. The molecule has 1 aromatic carbocycles. The van der Waals surface area contributed by atoms with Crippen molar-refractivity contribution in [2.24, 2.45) is 5.73 Å². The number of rotatable bonds is 5. The van der Waals surface area contributed by atoms with E-state index in [1.54, 1.807) is 0 Å². The van der Waals surface area contributed by atoms with Crippen molar-refractivity contribution in [2.75, 3.05) is 7.05 Å². The van der Waals surface area contributed by atoms with Crippen LogP contribution in [-0.4, -0.2) is 23.9 Å². The predicted octanol–water partition coefficient (Wildman–Crippen LogP) is 2.64. The lowest BCUT2D eigenvalue weighted by Crippen LogP contribution is -2.36. The van der Waals surface area contributed by atoms with E-state index in [0.717, 1.165) is 18.4 Å². The Morgan fingerprint density at radius 3 is 2.74 bits per heavy atom. The number of nitrogens with two attached hydrogens (primary N) is 1. The molecule has 0 fully saturated rings. The number of likely N-dealkylation sites (N-methyl/N-ethyl adjacent to an activating group) is 1. The van der Waals surface area contributed by atoms with Gasteiger partial charge in [-0.15, -0.1) is 0 Å². The smallest absolute Gasteiger partial charge is 0.219 e. The minimum absolute atomic E-state index is 0.0615. The number of amides is 1. The lowest BCUT2D eigenvalue weighted by Gasteiger charge is -2.34. The van der Waals surface area contributed by atoms with Gasteiger partial charge < -0.3 is 5.73 Å². The van der Waals surface area contributed by atoms with Crippen LogP contribution in [-0.2, 0) is 4.79 Å². The topological polar surface area (TPSA) is 46.3 Å². The fraction of sp³-hybridized carbons (Fsp3) is 0.438. The summed E-state index contributed by atoms with van der Waals surface area (Å²) in [6.07, 6.45) is 8.37. The first-order chi connectivity index (χ1) is 9.18. The fourth-order valence-corrected chi connectivity index (χ4v) is 2.73. The van der Waals surface area contributed by atoms with Gasteiger partial charge in [0.15, 0.2) is 0 Å². The molecule has 1 aromatic rings. The normalized spacial score (nSPS) is 20.4. The summed E-state index contributed by atoms with van der Waals surface area (Å²) in [5.74, 6) is -0.250. The van der Waals surface area contributed by atoms with E-state index in [1.807, 2.05) is 18.2 Å². The van der Waals surface area contributed by atoms with Crippen LogP contribution in [0.1, 0.15) is 37.3 Å². The first kappa shape index (κ1) is 13.8. The van der Waals surface area contributed by atoms with Crippen molar-refractivity contribution in [3.05, 3.63) is 48.0 Å². The highest BCUT2D eigenvalue weighted by molar-refractivity contribution is 5.74. The van der Waals surface area contributed by atoms with Gasteiger partial charge in [0, 0.05) is 18.5 Å². The third-order valence-corrected chi connectivity index (χ3v) is 3.82. The molecule has 102 valence electrons. The Kier molecular flexibility index (Phi) is 4.74. The highest BCUT2D eigenvalue weighted by atomic mass is 16.1. The van der Waals surface area contributed by atoms with Crippen molar-refractivity contribution in [2.45, 2.75) is 37.8 Å². The van der Waals surface area contributed by atoms with E-state index >= 15 is 0 Å². The summed E-state index contributed by atoms with van der Waals surface area (Å²) in [6.45, 7) is 0. The fourth-order valence-electron chi connectivity index (χ4n) is 2.73. The number of primary amides is 1. The number of allylic oxidation sites excluding steroid dienone is 1. The second-order valence-electron chi connectivity index (χ2n) is 5.19. The van der Waals surface area contributed by atoms with Crippen molar-refractivity contribution in [3.63, 3.8) is 0 Å². The third-order valence-electron chi connectivity index (χ3n) is 3.82. The first-order valence-corrected chi connectivity index (χ1v) is 6.90. The van der Waals surface area contributed by atoms with Gasteiger partial charge in [0.05, 0.1) is 0 Å². The Morgan fingerprint density at radius 2 is 2.16 bits per heavy atom. The maximum atomic E-state index is 11.3. The van der Waals surface area contributed by atoms with Crippen LogP contribution in [0.15, 0.2) is 42.5 Å². The average molecular weight is 258 g/mol. The predicted molar refractivity (Wildman–Crippen MR) is 77.5 cm³/mol. The minimum Gasteiger partial charge on any atom is -0.370 e. The van der Waals surface area contributed by atoms with Gasteiger partial charge in [0.2, 0.25) is 5.91 Å². The van der Waals surface area contributed by atoms with Crippen LogP contribution in [0.2, 0.25) is 0 Å². The molecule has 0 saturated carbocycles. The molecule has 0 aliphatic heterocycles. The largest absolute Gasteiger partial charge is 0.370 e. The van der Waals surface area contributed by atoms with Crippen molar-refractivity contribution in [3.8, 4) is 0 Å². The Morgan fingerprint density at radius 1 is 1.42 bits per heavy atom. The molecule has 3 nitrogen and oxygen atoms in total. The number of nitrogens with zero attached hydrogens (tertiary/aromatic N) is 1. The Balaban J connectivity index is 2.19. The number of carbonyl (C=O) groups excluding carboxylic acids is 1. The summed E-state index contributed by atoms with van der Waals surface area (Å²) in [4.78, 5) is 13.6. The zero-order valence-corrected chi connectivity index (χ0v) is 11.5. The molecule has 2 rings (SSSR count). The zero-order valence-electron chi connectivity index (χ0n) is 11.5. The quantitative estimate of drug-likeness (QED) is 0.825. The van der Waals surface area contributed by atoms with Crippen molar-refractivity contribution >= 4 is 5.91 Å². The molecule has 0 radical (unpaired) electrons. The van der Waals surface area contributed by atoms with E-state index in [0.29, 0.717) is 12.5 Å². The summed E-state index contributed by atoms with van der Waals surface area (Å²) in [7, 11) is 2.08. The van der Waals surface area contributed by atoms with E-state index in [2.05, 4.69) is 36.2 Å². The number of hydrogen-bond donors (Lipinski definition) is 1. The Bertz CT molecular complexity index is 441. The van der Waals surface area contributed by atoms with Crippen molar-refractivity contribution in [1.29, 1.82) is 0 Å². The molecule has 0 saturated heterocycles. The van der Waals surface area contributed by atoms with Gasteiger partial charge in [-0.1, -0.05) is 42.5 Å². The maximum Gasteiger partial charge on any atom is 0.219 e. The minimum atomic E-state index is -0.250. The SMILES string of the molecule is CN([C@H](CC(N)=O)c1ccccc1)[C@H]1C=CCCC1. The van der Waals surface area contributed by atoms with Crippen LogP contribution in [0.4, 0.5) is 0 Å². The lowest BCUT2D eigenvalue weighted by atomic mass is 9.96. The highest BCUT2D eigenvalue weighted by Gasteiger charge is 2.24. The van der Waals surface area contributed by atoms with Gasteiger partial charge in [-0.05, 0) is 31.9 Å². The van der Waals surface area contributed by atoms with Gasteiger partial charge in [-0.3, -0.25) is 9.69 Å². The van der Waals surface area contributed by atoms with Crippen LogP contribution in [0, 0.1) is 0 Å². The van der Waals surface area contributed by atoms with E-state index in [9.17, 15) is 4.79 Å². The van der Waals surface area contributed by atoms with E-state index in [4.69, 9.17) is 5.73 Å². The van der Waals surface area contributed by atoms with Crippen LogP contribution in [0.3, 0.4) is 0 Å². The highest BCUT2D eigenvalue weighted by Crippen LogP contribution is 2.28. The second-order valence-corrected chi connectivity index (χ2v) is 5.19. The molecular weight excluding hydrogens is 236 g/mol. The molecule has 0 aromatic heterocycles. The van der Waals surface area contributed by atoms with Crippen LogP contribution >= 0.6 is 0 Å². The third kappa shape index (κ3) is 3.67. The molecule has 0 heterocycles. The standard InChI is InChI=1S/C16H22N2O/c1-18(14-10-6-3-7-11-14)15(12-16(17)19)13-8-4-2-5-9-13/h2,4-6,8-10,14-15H,3,7,11-12H2,1H3,(H2,17,19)/t14-,15+/m0/s1. The van der Waals surface area contributed by atoms with Crippen LogP contribution in [0.5, 0.6) is 0 Å². The molecule has 0 spiro atoms. The molecule has 19 heavy (non-hydrogen) atoms.